The first-order valence-corrected chi connectivity index (χ1v) is 9.24. The Bertz CT molecular complexity index is 267. The molecule has 0 bridgehead atoms. The lowest BCUT2D eigenvalue weighted by Crippen LogP contribution is -2.44. The second-order valence-corrected chi connectivity index (χ2v) is 11.2. The van der Waals surface area contributed by atoms with Crippen LogP contribution in [0.1, 0.15) is 46.5 Å². The highest BCUT2D eigenvalue weighted by molar-refractivity contribution is 6.74. The van der Waals surface area contributed by atoms with Gasteiger partial charge in [-0.05, 0) is 43.8 Å². The fourth-order valence-corrected chi connectivity index (χ4v) is 3.33. The minimum Gasteiger partial charge on any atom is -0.414 e. The van der Waals surface area contributed by atoms with E-state index in [4.69, 9.17) is 9.69 Å². The first kappa shape index (κ1) is 13.7. The Labute approximate surface area is 101 Å². The van der Waals surface area contributed by atoms with Gasteiger partial charge in [0.05, 0.1) is 6.07 Å². The van der Waals surface area contributed by atoms with E-state index in [9.17, 15) is 0 Å². The topological polar surface area (TPSA) is 33.0 Å². The Balaban J connectivity index is 2.48. The highest BCUT2D eigenvalue weighted by Gasteiger charge is 2.39. The standard InChI is InChI=1S/C13H25NOSi/c1-13(2,3)16(4,5)15-12-8-6-11(10-14)7-9-12/h11-12H,6-9H2,1-5H3. The van der Waals surface area contributed by atoms with Gasteiger partial charge in [0.2, 0.25) is 0 Å². The Kier molecular flexibility index (Phi) is 4.20. The molecule has 0 saturated heterocycles. The maximum absolute atomic E-state index is 8.86. The van der Waals surface area contributed by atoms with Crippen LogP contribution in [0.4, 0.5) is 0 Å². The van der Waals surface area contributed by atoms with E-state index in [0.717, 1.165) is 25.7 Å². The van der Waals surface area contributed by atoms with Crippen LogP contribution >= 0.6 is 0 Å². The van der Waals surface area contributed by atoms with Crippen molar-refractivity contribution in [1.82, 2.24) is 0 Å². The smallest absolute Gasteiger partial charge is 0.192 e. The Morgan fingerprint density at radius 1 is 1.12 bits per heavy atom. The lowest BCUT2D eigenvalue weighted by Gasteiger charge is -2.40. The molecule has 0 N–H and O–H groups in total. The van der Waals surface area contributed by atoms with Gasteiger partial charge in [-0.1, -0.05) is 20.8 Å². The number of nitriles is 1. The predicted molar refractivity (Wildman–Crippen MR) is 69.6 cm³/mol. The van der Waals surface area contributed by atoms with Gasteiger partial charge in [0, 0.05) is 12.0 Å². The maximum Gasteiger partial charge on any atom is 0.192 e. The Morgan fingerprint density at radius 3 is 2.00 bits per heavy atom. The van der Waals surface area contributed by atoms with Gasteiger partial charge < -0.3 is 4.43 Å². The van der Waals surface area contributed by atoms with Crippen molar-refractivity contribution in [3.8, 4) is 6.07 Å². The molecule has 16 heavy (non-hydrogen) atoms. The summed E-state index contributed by atoms with van der Waals surface area (Å²) in [4.78, 5) is 0. The van der Waals surface area contributed by atoms with Crippen molar-refractivity contribution >= 4 is 8.32 Å². The largest absolute Gasteiger partial charge is 0.414 e. The van der Waals surface area contributed by atoms with Crippen molar-refractivity contribution in [2.45, 2.75) is 70.7 Å². The van der Waals surface area contributed by atoms with Gasteiger partial charge in [0.25, 0.3) is 0 Å². The van der Waals surface area contributed by atoms with Gasteiger partial charge in [0.15, 0.2) is 8.32 Å². The van der Waals surface area contributed by atoms with Crippen molar-refractivity contribution < 1.29 is 4.43 Å². The molecule has 0 unspecified atom stereocenters. The molecule has 0 aromatic heterocycles. The molecule has 1 aliphatic rings. The zero-order valence-corrected chi connectivity index (χ0v) is 12.3. The molecule has 0 aliphatic heterocycles. The fourth-order valence-electron chi connectivity index (χ4n) is 1.90. The SMILES string of the molecule is CC(C)(C)[Si](C)(C)OC1CCC(C#N)CC1. The zero-order valence-electron chi connectivity index (χ0n) is 11.3. The van der Waals surface area contributed by atoms with Crippen molar-refractivity contribution in [2.75, 3.05) is 0 Å². The summed E-state index contributed by atoms with van der Waals surface area (Å²) in [6.07, 6.45) is 4.60. The van der Waals surface area contributed by atoms with Gasteiger partial charge in [-0.25, -0.2) is 0 Å². The third-order valence-corrected chi connectivity index (χ3v) is 8.66. The van der Waals surface area contributed by atoms with Crippen molar-refractivity contribution in [2.24, 2.45) is 5.92 Å². The van der Waals surface area contributed by atoms with E-state index >= 15 is 0 Å². The van der Waals surface area contributed by atoms with Gasteiger partial charge in [-0.15, -0.1) is 0 Å². The molecule has 1 aliphatic carbocycles. The lowest BCUT2D eigenvalue weighted by atomic mass is 9.89. The summed E-state index contributed by atoms with van der Waals surface area (Å²) in [5.74, 6) is 0.277. The van der Waals surface area contributed by atoms with Crippen molar-refractivity contribution in [3.05, 3.63) is 0 Å². The van der Waals surface area contributed by atoms with Gasteiger partial charge in [-0.3, -0.25) is 0 Å². The molecule has 0 atom stereocenters. The summed E-state index contributed by atoms with van der Waals surface area (Å²) in [5, 5.41) is 9.15. The minimum atomic E-state index is -1.61. The van der Waals surface area contributed by atoms with E-state index in [1.807, 2.05) is 0 Å². The highest BCUT2D eigenvalue weighted by Crippen LogP contribution is 2.39. The Hall–Kier alpha value is -0.333. The average molecular weight is 239 g/mol. The van der Waals surface area contributed by atoms with E-state index in [1.54, 1.807) is 0 Å². The van der Waals surface area contributed by atoms with Gasteiger partial charge in [0.1, 0.15) is 0 Å². The van der Waals surface area contributed by atoms with Crippen LogP contribution in [0.2, 0.25) is 18.1 Å². The van der Waals surface area contributed by atoms with E-state index in [0.29, 0.717) is 11.1 Å². The van der Waals surface area contributed by atoms with Crippen molar-refractivity contribution in [3.63, 3.8) is 0 Å². The molecule has 3 heteroatoms. The van der Waals surface area contributed by atoms with E-state index in [-0.39, 0.29) is 5.92 Å². The zero-order chi connectivity index (χ0) is 12.4. The molecule has 2 nitrogen and oxygen atoms in total. The molecule has 1 saturated carbocycles. The number of hydrogen-bond donors (Lipinski definition) is 0. The molecular formula is C13H25NOSi. The second-order valence-electron chi connectivity index (χ2n) is 6.48. The fraction of sp³-hybridized carbons (Fsp3) is 0.923. The monoisotopic (exact) mass is 239 g/mol. The van der Waals surface area contributed by atoms with Crippen molar-refractivity contribution in [1.29, 1.82) is 5.26 Å². The molecule has 0 aromatic rings. The molecular weight excluding hydrogens is 214 g/mol. The normalized spacial score (nSPS) is 27.5. The lowest BCUT2D eigenvalue weighted by molar-refractivity contribution is 0.127. The quantitative estimate of drug-likeness (QED) is 0.680. The van der Waals surface area contributed by atoms with E-state index in [2.05, 4.69) is 39.9 Å². The van der Waals surface area contributed by atoms with Crippen LogP contribution in [0.3, 0.4) is 0 Å². The Morgan fingerprint density at radius 2 is 1.62 bits per heavy atom. The van der Waals surface area contributed by atoms with Gasteiger partial charge >= 0.3 is 0 Å². The molecule has 0 aromatic carbocycles. The van der Waals surface area contributed by atoms with Crippen LogP contribution in [-0.4, -0.2) is 14.4 Å². The first-order chi connectivity index (χ1) is 7.26. The molecule has 0 heterocycles. The summed E-state index contributed by atoms with van der Waals surface area (Å²) in [6, 6.07) is 2.37. The maximum atomic E-state index is 8.86. The van der Waals surface area contributed by atoms with Crippen LogP contribution in [0.5, 0.6) is 0 Å². The molecule has 92 valence electrons. The average Bonchev–Trinajstić information content (AvgIpc) is 2.16. The molecule has 0 amide bonds. The van der Waals surface area contributed by atoms with E-state index in [1.165, 1.54) is 0 Å². The van der Waals surface area contributed by atoms with Gasteiger partial charge in [-0.2, -0.15) is 5.26 Å². The summed E-state index contributed by atoms with van der Waals surface area (Å²) in [7, 11) is -1.61. The number of hydrogen-bond acceptors (Lipinski definition) is 2. The summed E-state index contributed by atoms with van der Waals surface area (Å²) in [6.45, 7) is 11.5. The van der Waals surface area contributed by atoms with Crippen LogP contribution in [0.15, 0.2) is 0 Å². The van der Waals surface area contributed by atoms with Crippen LogP contribution in [0, 0.1) is 17.2 Å². The molecule has 0 spiro atoms. The van der Waals surface area contributed by atoms with Crippen LogP contribution in [-0.2, 0) is 4.43 Å². The van der Waals surface area contributed by atoms with Crippen LogP contribution < -0.4 is 0 Å². The molecule has 0 radical (unpaired) electrons. The van der Waals surface area contributed by atoms with Crippen LogP contribution in [0.25, 0.3) is 0 Å². The molecule has 1 rings (SSSR count). The van der Waals surface area contributed by atoms with E-state index < -0.39 is 8.32 Å². The highest BCUT2D eigenvalue weighted by atomic mass is 28.4. The second kappa shape index (κ2) is 4.89. The molecule has 1 fully saturated rings. The minimum absolute atomic E-state index is 0.277. The third-order valence-electron chi connectivity index (χ3n) is 4.12. The number of nitrogens with zero attached hydrogens (tertiary/aromatic N) is 1. The predicted octanol–water partition coefficient (Wildman–Crippen LogP) is 4.09. The summed E-state index contributed by atoms with van der Waals surface area (Å²) >= 11 is 0. The first-order valence-electron chi connectivity index (χ1n) is 6.34. The third kappa shape index (κ3) is 3.33. The number of rotatable bonds is 2. The summed E-state index contributed by atoms with van der Waals surface area (Å²) < 4.78 is 6.37. The summed E-state index contributed by atoms with van der Waals surface area (Å²) in [5.41, 5.74) is 0.